The Morgan fingerprint density at radius 1 is 0.971 bits per heavy atom. The Labute approximate surface area is 211 Å². The number of furan rings is 1. The number of fused-ring (bicyclic) bond motifs is 1. The highest BCUT2D eigenvalue weighted by Crippen LogP contribution is 2.44. The number of carbonyl (C=O) groups excluding carboxylic acids is 2. The van der Waals surface area contributed by atoms with Crippen LogP contribution < -0.4 is 4.90 Å². The number of amides is 1. The summed E-state index contributed by atoms with van der Waals surface area (Å²) in [6, 6.07) is 16.4. The lowest BCUT2D eigenvalue weighted by atomic mass is 9.94. The molecule has 3 aromatic carbocycles. The van der Waals surface area contributed by atoms with Gasteiger partial charge < -0.3 is 14.6 Å². The average molecular weight is 559 g/mol. The smallest absolute Gasteiger partial charge is 0.294 e. The molecule has 4 aromatic rings. The summed E-state index contributed by atoms with van der Waals surface area (Å²) in [5.41, 5.74) is 1.02. The second-order valence-electron chi connectivity index (χ2n) is 7.66. The van der Waals surface area contributed by atoms with E-state index in [-0.39, 0.29) is 27.1 Å². The van der Waals surface area contributed by atoms with Crippen LogP contribution >= 0.6 is 39.1 Å². The molecule has 0 bridgehead atoms. The number of Topliss-reactive ketones (excluding diaryl/α,β-unsaturated/α-hetero) is 1. The van der Waals surface area contributed by atoms with Crippen molar-refractivity contribution in [2.45, 2.75) is 6.04 Å². The lowest BCUT2D eigenvalue weighted by Crippen LogP contribution is -2.31. The first kappa shape index (κ1) is 22.5. The predicted octanol–water partition coefficient (Wildman–Crippen LogP) is 6.99. The van der Waals surface area contributed by atoms with Crippen LogP contribution in [0.3, 0.4) is 0 Å². The van der Waals surface area contributed by atoms with Crippen LogP contribution in [0, 0.1) is 0 Å². The zero-order valence-electron chi connectivity index (χ0n) is 17.1. The zero-order chi connectivity index (χ0) is 24.1. The van der Waals surface area contributed by atoms with Gasteiger partial charge in [0.15, 0.2) is 11.5 Å². The number of aliphatic hydroxyl groups is 1. The van der Waals surface area contributed by atoms with Gasteiger partial charge in [0, 0.05) is 15.5 Å². The van der Waals surface area contributed by atoms with Crippen molar-refractivity contribution in [2.24, 2.45) is 0 Å². The van der Waals surface area contributed by atoms with E-state index in [9.17, 15) is 19.8 Å². The topological polar surface area (TPSA) is 91.0 Å². The number of benzene rings is 3. The standard InChI is InChI=1S/C25H14BrCl2NO5/c26-14-4-7-19-13(8-14)10-20(34-19)23(31)21-22(12-2-1-3-16(30)9-12)29(25(33)24(21)32)15-5-6-17(27)18(28)11-15/h1-11,22,30,32H. The molecule has 5 rings (SSSR count). The van der Waals surface area contributed by atoms with Crippen LogP contribution in [0.15, 0.2) is 87.0 Å². The van der Waals surface area contributed by atoms with Crippen molar-refractivity contribution in [3.05, 3.63) is 104 Å². The van der Waals surface area contributed by atoms with Crippen LogP contribution in [0.1, 0.15) is 22.2 Å². The van der Waals surface area contributed by atoms with Crippen molar-refractivity contribution < 1.29 is 24.2 Å². The Hall–Kier alpha value is -3.26. The summed E-state index contributed by atoms with van der Waals surface area (Å²) in [7, 11) is 0. The number of ketones is 1. The Morgan fingerprint density at radius 3 is 2.50 bits per heavy atom. The highest BCUT2D eigenvalue weighted by Gasteiger charge is 2.45. The van der Waals surface area contributed by atoms with Crippen molar-refractivity contribution in [2.75, 3.05) is 4.90 Å². The Balaban J connectivity index is 1.67. The van der Waals surface area contributed by atoms with Gasteiger partial charge in [0.05, 0.1) is 21.7 Å². The lowest BCUT2D eigenvalue weighted by molar-refractivity contribution is -0.117. The molecule has 1 aromatic heterocycles. The van der Waals surface area contributed by atoms with Gasteiger partial charge in [-0.3, -0.25) is 14.5 Å². The van der Waals surface area contributed by atoms with Crippen LogP contribution in [-0.2, 0) is 4.79 Å². The number of anilines is 1. The number of hydrogen-bond acceptors (Lipinski definition) is 5. The minimum atomic E-state index is -1.05. The summed E-state index contributed by atoms with van der Waals surface area (Å²) in [5, 5.41) is 22.1. The fourth-order valence-electron chi connectivity index (χ4n) is 4.01. The maximum atomic E-state index is 13.6. The van der Waals surface area contributed by atoms with Gasteiger partial charge >= 0.3 is 0 Å². The van der Waals surface area contributed by atoms with E-state index in [2.05, 4.69) is 15.9 Å². The molecule has 0 radical (unpaired) electrons. The number of aromatic hydroxyl groups is 1. The summed E-state index contributed by atoms with van der Waals surface area (Å²) < 4.78 is 6.54. The van der Waals surface area contributed by atoms with Gasteiger partial charge in [-0.05, 0) is 60.2 Å². The summed E-state index contributed by atoms with van der Waals surface area (Å²) in [5.74, 6) is -2.27. The van der Waals surface area contributed by atoms with Gasteiger partial charge in [0.2, 0.25) is 5.78 Å². The predicted molar refractivity (Wildman–Crippen MR) is 133 cm³/mol. The Morgan fingerprint density at radius 2 is 1.76 bits per heavy atom. The summed E-state index contributed by atoms with van der Waals surface area (Å²) in [6.07, 6.45) is 0. The van der Waals surface area contributed by atoms with Crippen molar-refractivity contribution in [3.8, 4) is 5.75 Å². The van der Waals surface area contributed by atoms with Gasteiger partial charge in [0.25, 0.3) is 5.91 Å². The fraction of sp³-hybridized carbons (Fsp3) is 0.0400. The lowest BCUT2D eigenvalue weighted by Gasteiger charge is -2.27. The SMILES string of the molecule is O=C(C1=C(O)C(=O)N(c2ccc(Cl)c(Cl)c2)C1c1cccc(O)c1)c1cc2cc(Br)ccc2o1. The van der Waals surface area contributed by atoms with E-state index in [0.29, 0.717) is 22.2 Å². The Bertz CT molecular complexity index is 1530. The van der Waals surface area contributed by atoms with Crippen LogP contribution in [-0.4, -0.2) is 21.9 Å². The van der Waals surface area contributed by atoms with Gasteiger partial charge in [-0.15, -0.1) is 0 Å². The quantitative estimate of drug-likeness (QED) is 0.263. The van der Waals surface area contributed by atoms with E-state index >= 15 is 0 Å². The molecule has 9 heteroatoms. The molecule has 0 saturated carbocycles. The maximum Gasteiger partial charge on any atom is 0.294 e. The first-order valence-corrected chi connectivity index (χ1v) is 11.5. The summed E-state index contributed by atoms with van der Waals surface area (Å²) >= 11 is 15.6. The molecule has 2 N–H and O–H groups in total. The largest absolute Gasteiger partial charge is 0.508 e. The highest BCUT2D eigenvalue weighted by molar-refractivity contribution is 9.10. The zero-order valence-corrected chi connectivity index (χ0v) is 20.2. The third-order valence-corrected chi connectivity index (χ3v) is 6.75. The van der Waals surface area contributed by atoms with Crippen LogP contribution in [0.4, 0.5) is 5.69 Å². The molecule has 0 saturated heterocycles. The first-order valence-electron chi connectivity index (χ1n) is 9.99. The van der Waals surface area contributed by atoms with Crippen LogP contribution in [0.25, 0.3) is 11.0 Å². The second-order valence-corrected chi connectivity index (χ2v) is 9.39. The van der Waals surface area contributed by atoms with E-state index in [4.69, 9.17) is 27.6 Å². The third-order valence-electron chi connectivity index (χ3n) is 5.52. The van der Waals surface area contributed by atoms with Crippen LogP contribution in [0.5, 0.6) is 5.75 Å². The number of phenols is 1. The van der Waals surface area contributed by atoms with E-state index in [1.165, 1.54) is 29.2 Å². The molecule has 1 atom stereocenters. The normalized spacial score (nSPS) is 16.0. The van der Waals surface area contributed by atoms with Crippen molar-refractivity contribution in [1.82, 2.24) is 0 Å². The fourth-order valence-corrected chi connectivity index (χ4v) is 4.68. The molecular weight excluding hydrogens is 545 g/mol. The van der Waals surface area contributed by atoms with Gasteiger partial charge in [-0.2, -0.15) is 0 Å². The van der Waals surface area contributed by atoms with Crippen LogP contribution in [0.2, 0.25) is 10.0 Å². The van der Waals surface area contributed by atoms with Crippen molar-refractivity contribution >= 4 is 67.5 Å². The number of carbonyl (C=O) groups is 2. The van der Waals surface area contributed by atoms with E-state index in [1.54, 1.807) is 42.5 Å². The monoisotopic (exact) mass is 557 g/mol. The van der Waals surface area contributed by atoms with Gasteiger partial charge in [-0.1, -0.05) is 51.3 Å². The number of phenolic OH excluding ortho intramolecular Hbond substituents is 1. The first-order chi connectivity index (χ1) is 16.2. The number of aliphatic hydroxyl groups excluding tert-OH is 1. The number of rotatable bonds is 4. The minimum Gasteiger partial charge on any atom is -0.508 e. The molecular formula is C25H14BrCl2NO5. The molecule has 0 spiro atoms. The molecule has 6 nitrogen and oxygen atoms in total. The molecule has 170 valence electrons. The highest BCUT2D eigenvalue weighted by atomic mass is 79.9. The maximum absolute atomic E-state index is 13.6. The van der Waals surface area contributed by atoms with Crippen molar-refractivity contribution in [1.29, 1.82) is 0 Å². The molecule has 1 aliphatic rings. The average Bonchev–Trinajstić information content (AvgIpc) is 3.34. The van der Waals surface area contributed by atoms with E-state index in [1.807, 2.05) is 0 Å². The second kappa shape index (κ2) is 8.51. The summed E-state index contributed by atoms with van der Waals surface area (Å²) in [6.45, 7) is 0. The van der Waals surface area contributed by atoms with E-state index < -0.39 is 23.5 Å². The van der Waals surface area contributed by atoms with Gasteiger partial charge in [0.1, 0.15) is 11.3 Å². The van der Waals surface area contributed by atoms with Crippen molar-refractivity contribution in [3.63, 3.8) is 0 Å². The van der Waals surface area contributed by atoms with Gasteiger partial charge in [-0.25, -0.2) is 0 Å². The third kappa shape index (κ3) is 3.76. The molecule has 0 aliphatic carbocycles. The molecule has 1 unspecified atom stereocenters. The summed E-state index contributed by atoms with van der Waals surface area (Å²) in [4.78, 5) is 28.1. The molecule has 1 aliphatic heterocycles. The molecule has 2 heterocycles. The molecule has 0 fully saturated rings. The Kier molecular flexibility index (Phi) is 5.64. The number of nitrogens with zero attached hydrogens (tertiary/aromatic N) is 1. The minimum absolute atomic E-state index is 0.0383. The van der Waals surface area contributed by atoms with E-state index in [0.717, 1.165) is 4.47 Å². The number of halogens is 3. The molecule has 34 heavy (non-hydrogen) atoms. The number of hydrogen-bond donors (Lipinski definition) is 2. The molecule has 1 amide bonds.